The number of rotatable bonds is 3. The summed E-state index contributed by atoms with van der Waals surface area (Å²) in [6.07, 6.45) is 3.33. The highest BCUT2D eigenvalue weighted by Crippen LogP contribution is 2.27. The molecule has 1 atom stereocenters. The zero-order valence-electron chi connectivity index (χ0n) is 9.37. The first-order chi connectivity index (χ1) is 7.66. The molecule has 0 spiro atoms. The van der Waals surface area contributed by atoms with E-state index < -0.39 is 0 Å². The SMILES string of the molecule is C[C@@H](NC(=O)C1CCC1)c1ccc(I)cc1. The normalized spacial score (nSPS) is 17.6. The lowest BCUT2D eigenvalue weighted by Crippen LogP contribution is -2.35. The lowest BCUT2D eigenvalue weighted by molar-refractivity contribution is -0.128. The predicted octanol–water partition coefficient (Wildman–Crippen LogP) is 3.27. The minimum absolute atomic E-state index is 0.116. The number of halogens is 1. The van der Waals surface area contributed by atoms with Crippen molar-refractivity contribution in [2.45, 2.75) is 32.2 Å². The van der Waals surface area contributed by atoms with Crippen LogP contribution in [0.4, 0.5) is 0 Å². The Labute approximate surface area is 110 Å². The summed E-state index contributed by atoms with van der Waals surface area (Å²) >= 11 is 2.28. The van der Waals surface area contributed by atoms with E-state index in [1.54, 1.807) is 0 Å². The maximum Gasteiger partial charge on any atom is 0.223 e. The second kappa shape index (κ2) is 5.17. The maximum absolute atomic E-state index is 11.8. The third-order valence-electron chi connectivity index (χ3n) is 3.20. The molecule has 0 heterocycles. The van der Waals surface area contributed by atoms with Crippen molar-refractivity contribution in [3.05, 3.63) is 33.4 Å². The minimum atomic E-state index is 0.116. The van der Waals surface area contributed by atoms with Crippen molar-refractivity contribution in [1.29, 1.82) is 0 Å². The van der Waals surface area contributed by atoms with Gasteiger partial charge in [-0.1, -0.05) is 18.6 Å². The van der Waals surface area contributed by atoms with Crippen LogP contribution in [0, 0.1) is 9.49 Å². The Balaban J connectivity index is 1.94. The highest BCUT2D eigenvalue weighted by Gasteiger charge is 2.26. The number of hydrogen-bond donors (Lipinski definition) is 1. The Bertz CT molecular complexity index is 370. The molecule has 1 aromatic carbocycles. The second-order valence-corrected chi connectivity index (χ2v) is 5.66. The van der Waals surface area contributed by atoms with Gasteiger partial charge in [0.15, 0.2) is 0 Å². The fourth-order valence-corrected chi connectivity index (χ4v) is 2.20. The molecule has 1 aliphatic carbocycles. The molecule has 0 bridgehead atoms. The van der Waals surface area contributed by atoms with Gasteiger partial charge in [0.05, 0.1) is 6.04 Å². The minimum Gasteiger partial charge on any atom is -0.349 e. The van der Waals surface area contributed by atoms with Crippen molar-refractivity contribution in [2.75, 3.05) is 0 Å². The van der Waals surface area contributed by atoms with Crippen LogP contribution in [-0.2, 0) is 4.79 Å². The first kappa shape index (κ1) is 11.9. The number of hydrogen-bond acceptors (Lipinski definition) is 1. The molecule has 1 saturated carbocycles. The molecule has 1 aromatic rings. The van der Waals surface area contributed by atoms with Crippen molar-refractivity contribution in [3.8, 4) is 0 Å². The number of nitrogens with one attached hydrogen (secondary N) is 1. The van der Waals surface area contributed by atoms with Crippen molar-refractivity contribution < 1.29 is 4.79 Å². The summed E-state index contributed by atoms with van der Waals surface area (Å²) in [5, 5.41) is 3.08. The summed E-state index contributed by atoms with van der Waals surface area (Å²) in [7, 11) is 0. The van der Waals surface area contributed by atoms with Gasteiger partial charge in [0.2, 0.25) is 5.91 Å². The molecule has 16 heavy (non-hydrogen) atoms. The smallest absolute Gasteiger partial charge is 0.223 e. The average Bonchev–Trinajstić information content (AvgIpc) is 2.15. The molecule has 0 aliphatic heterocycles. The summed E-state index contributed by atoms with van der Waals surface area (Å²) in [5.41, 5.74) is 1.17. The van der Waals surface area contributed by atoms with Crippen LogP contribution in [0.1, 0.15) is 37.8 Å². The highest BCUT2D eigenvalue weighted by molar-refractivity contribution is 14.1. The van der Waals surface area contributed by atoms with Crippen LogP contribution in [0.25, 0.3) is 0 Å². The van der Waals surface area contributed by atoms with Gasteiger partial charge in [-0.05, 0) is 60.1 Å². The summed E-state index contributed by atoms with van der Waals surface area (Å²) < 4.78 is 1.22. The van der Waals surface area contributed by atoms with E-state index in [0.717, 1.165) is 12.8 Å². The van der Waals surface area contributed by atoms with E-state index in [2.05, 4.69) is 52.2 Å². The summed E-state index contributed by atoms with van der Waals surface area (Å²) in [5.74, 6) is 0.489. The molecule has 2 rings (SSSR count). The topological polar surface area (TPSA) is 29.1 Å². The number of carbonyl (C=O) groups excluding carboxylic acids is 1. The molecule has 0 unspecified atom stereocenters. The standard InChI is InChI=1S/C13H16INO/c1-9(10-5-7-12(14)8-6-10)15-13(16)11-3-2-4-11/h5-9,11H,2-4H2,1H3,(H,15,16)/t9-/m1/s1. The zero-order chi connectivity index (χ0) is 11.5. The molecule has 0 saturated heterocycles. The van der Waals surface area contributed by atoms with Gasteiger partial charge in [0, 0.05) is 9.49 Å². The van der Waals surface area contributed by atoms with E-state index in [1.165, 1.54) is 15.6 Å². The quantitative estimate of drug-likeness (QED) is 0.848. The Hall–Kier alpha value is -0.580. The van der Waals surface area contributed by atoms with Crippen LogP contribution < -0.4 is 5.32 Å². The average molecular weight is 329 g/mol. The lowest BCUT2D eigenvalue weighted by Gasteiger charge is -2.26. The monoisotopic (exact) mass is 329 g/mol. The number of benzene rings is 1. The Morgan fingerprint density at radius 2 is 2.00 bits per heavy atom. The van der Waals surface area contributed by atoms with Gasteiger partial charge < -0.3 is 5.32 Å². The molecule has 0 aromatic heterocycles. The number of carbonyl (C=O) groups is 1. The fourth-order valence-electron chi connectivity index (χ4n) is 1.84. The predicted molar refractivity (Wildman–Crippen MR) is 73.1 cm³/mol. The second-order valence-electron chi connectivity index (χ2n) is 4.41. The van der Waals surface area contributed by atoms with Crippen molar-refractivity contribution in [1.82, 2.24) is 5.32 Å². The molecule has 0 radical (unpaired) electrons. The summed E-state index contributed by atoms with van der Waals surface area (Å²) in [6.45, 7) is 2.04. The first-order valence-electron chi connectivity index (χ1n) is 5.72. The van der Waals surface area contributed by atoms with Gasteiger partial charge in [-0.3, -0.25) is 4.79 Å². The van der Waals surface area contributed by atoms with Crippen LogP contribution in [0.5, 0.6) is 0 Å². The molecular weight excluding hydrogens is 313 g/mol. The van der Waals surface area contributed by atoms with Gasteiger partial charge in [0.25, 0.3) is 0 Å². The van der Waals surface area contributed by atoms with E-state index in [4.69, 9.17) is 0 Å². The van der Waals surface area contributed by atoms with Crippen LogP contribution in [0.3, 0.4) is 0 Å². The van der Waals surface area contributed by atoms with Crippen LogP contribution in [0.15, 0.2) is 24.3 Å². The fraction of sp³-hybridized carbons (Fsp3) is 0.462. The van der Waals surface area contributed by atoms with Gasteiger partial charge in [-0.15, -0.1) is 0 Å². The molecule has 1 N–H and O–H groups in total. The lowest BCUT2D eigenvalue weighted by atomic mass is 9.84. The maximum atomic E-state index is 11.8. The van der Waals surface area contributed by atoms with Crippen LogP contribution in [0.2, 0.25) is 0 Å². The first-order valence-corrected chi connectivity index (χ1v) is 6.80. The largest absolute Gasteiger partial charge is 0.349 e. The highest BCUT2D eigenvalue weighted by atomic mass is 127. The zero-order valence-corrected chi connectivity index (χ0v) is 11.5. The molecule has 2 nitrogen and oxygen atoms in total. The molecular formula is C13H16INO. The van der Waals surface area contributed by atoms with Gasteiger partial charge in [-0.2, -0.15) is 0 Å². The van der Waals surface area contributed by atoms with E-state index in [0.29, 0.717) is 0 Å². The Kier molecular flexibility index (Phi) is 3.84. The van der Waals surface area contributed by atoms with Gasteiger partial charge in [-0.25, -0.2) is 0 Å². The van der Waals surface area contributed by atoms with Gasteiger partial charge in [0.1, 0.15) is 0 Å². The van der Waals surface area contributed by atoms with E-state index >= 15 is 0 Å². The Morgan fingerprint density at radius 3 is 2.50 bits per heavy atom. The van der Waals surface area contributed by atoms with E-state index in [1.807, 2.05) is 6.92 Å². The van der Waals surface area contributed by atoms with E-state index in [-0.39, 0.29) is 17.9 Å². The molecule has 1 fully saturated rings. The third kappa shape index (κ3) is 2.75. The van der Waals surface area contributed by atoms with Crippen molar-refractivity contribution in [2.24, 2.45) is 5.92 Å². The Morgan fingerprint density at radius 1 is 1.38 bits per heavy atom. The van der Waals surface area contributed by atoms with Crippen LogP contribution in [-0.4, -0.2) is 5.91 Å². The van der Waals surface area contributed by atoms with Crippen molar-refractivity contribution >= 4 is 28.5 Å². The van der Waals surface area contributed by atoms with Crippen LogP contribution >= 0.6 is 22.6 Å². The molecule has 1 aliphatic rings. The molecule has 3 heteroatoms. The van der Waals surface area contributed by atoms with Gasteiger partial charge >= 0.3 is 0 Å². The summed E-state index contributed by atoms with van der Waals surface area (Å²) in [4.78, 5) is 11.8. The number of amides is 1. The van der Waals surface area contributed by atoms with E-state index in [9.17, 15) is 4.79 Å². The van der Waals surface area contributed by atoms with Crippen molar-refractivity contribution in [3.63, 3.8) is 0 Å². The molecule has 86 valence electrons. The third-order valence-corrected chi connectivity index (χ3v) is 3.92. The summed E-state index contributed by atoms with van der Waals surface area (Å²) in [6, 6.07) is 8.41. The molecule has 1 amide bonds.